The molecule has 30 heavy (non-hydrogen) atoms. The number of alkyl halides is 3. The molecule has 1 amide bonds. The largest absolute Gasteiger partial charge is 0.434 e. The van der Waals surface area contributed by atoms with Gasteiger partial charge in [-0.1, -0.05) is 6.07 Å². The van der Waals surface area contributed by atoms with E-state index in [9.17, 15) is 22.4 Å². The van der Waals surface area contributed by atoms with E-state index < -0.39 is 23.3 Å². The molecule has 2 aliphatic rings. The van der Waals surface area contributed by atoms with Crippen molar-refractivity contribution in [3.63, 3.8) is 0 Å². The molecule has 0 radical (unpaired) electrons. The molecule has 8 heteroatoms. The number of rotatable bonds is 2. The molecule has 4 nitrogen and oxygen atoms in total. The van der Waals surface area contributed by atoms with Crippen molar-refractivity contribution in [1.29, 1.82) is 0 Å². The van der Waals surface area contributed by atoms with Crippen molar-refractivity contribution in [1.82, 2.24) is 9.88 Å². The van der Waals surface area contributed by atoms with Crippen LogP contribution in [0.25, 0.3) is 0 Å². The Balaban J connectivity index is 1.58. The predicted molar refractivity (Wildman–Crippen MR) is 105 cm³/mol. The zero-order valence-corrected chi connectivity index (χ0v) is 16.8. The lowest BCUT2D eigenvalue weighted by molar-refractivity contribution is -0.141. The number of likely N-dealkylation sites (tertiary alicyclic amines) is 1. The first-order valence-electron chi connectivity index (χ1n) is 9.94. The molecule has 0 saturated carbocycles. The number of aromatic nitrogens is 1. The third-order valence-corrected chi connectivity index (χ3v) is 6.12. The quantitative estimate of drug-likeness (QED) is 0.656. The van der Waals surface area contributed by atoms with Crippen molar-refractivity contribution in [3.8, 4) is 0 Å². The Morgan fingerprint density at radius 3 is 2.67 bits per heavy atom. The molecule has 0 bridgehead atoms. The average molecular weight is 421 g/mol. The van der Waals surface area contributed by atoms with Crippen molar-refractivity contribution in [2.75, 3.05) is 18.0 Å². The number of nitrogens with zero attached hydrogens (tertiary/aromatic N) is 3. The maximum atomic E-state index is 13.8. The fraction of sp³-hybridized carbons (Fsp3) is 0.455. The topological polar surface area (TPSA) is 36.4 Å². The molecule has 2 saturated heterocycles. The van der Waals surface area contributed by atoms with E-state index in [1.807, 2.05) is 6.07 Å². The maximum Gasteiger partial charge on any atom is 0.434 e. The first kappa shape index (κ1) is 20.6. The molecule has 2 fully saturated rings. The summed E-state index contributed by atoms with van der Waals surface area (Å²) >= 11 is 0. The van der Waals surface area contributed by atoms with Gasteiger partial charge in [0.1, 0.15) is 5.82 Å². The van der Waals surface area contributed by atoms with Crippen LogP contribution in [0.2, 0.25) is 0 Å². The van der Waals surface area contributed by atoms with Gasteiger partial charge < -0.3 is 9.80 Å². The summed E-state index contributed by atoms with van der Waals surface area (Å²) in [6.45, 7) is 4.86. The number of carbonyl (C=O) groups is 1. The van der Waals surface area contributed by atoms with Crippen LogP contribution < -0.4 is 4.90 Å². The minimum atomic E-state index is -4.69. The van der Waals surface area contributed by atoms with Crippen molar-refractivity contribution in [2.45, 2.75) is 44.4 Å². The van der Waals surface area contributed by atoms with Crippen LogP contribution in [0, 0.1) is 11.7 Å². The Hall–Kier alpha value is -2.64. The molecule has 2 atom stereocenters. The van der Waals surface area contributed by atoms with Gasteiger partial charge in [-0.2, -0.15) is 13.2 Å². The van der Waals surface area contributed by atoms with Gasteiger partial charge in [-0.25, -0.2) is 4.39 Å². The molecule has 160 valence electrons. The fourth-order valence-corrected chi connectivity index (χ4v) is 5.07. The molecule has 3 heterocycles. The van der Waals surface area contributed by atoms with Crippen molar-refractivity contribution >= 4 is 11.6 Å². The van der Waals surface area contributed by atoms with Crippen LogP contribution in [0.15, 0.2) is 42.6 Å². The standard InChI is InChI=1S/C22H23F4N3O/c1-21(2)12-14-13-28(20(30)17-7-4-9-27-19(17)22(24,25)26)10-8-18(14)29(21)16-6-3-5-15(23)11-16/h3-7,9,11,14,18H,8,10,12-13H2,1-2H3/t14-,18+/m1/s1. The first-order valence-corrected chi connectivity index (χ1v) is 9.94. The highest BCUT2D eigenvalue weighted by molar-refractivity contribution is 5.95. The maximum absolute atomic E-state index is 13.8. The summed E-state index contributed by atoms with van der Waals surface area (Å²) in [6, 6.07) is 9.08. The Labute approximate surface area is 172 Å². The minimum Gasteiger partial charge on any atom is -0.363 e. The third-order valence-electron chi connectivity index (χ3n) is 6.12. The molecular weight excluding hydrogens is 398 g/mol. The van der Waals surface area contributed by atoms with E-state index in [2.05, 4.69) is 23.7 Å². The summed E-state index contributed by atoms with van der Waals surface area (Å²) in [4.78, 5) is 20.0. The highest BCUT2D eigenvalue weighted by Crippen LogP contribution is 2.45. The molecule has 4 rings (SSSR count). The lowest BCUT2D eigenvalue weighted by atomic mass is 9.89. The van der Waals surface area contributed by atoms with E-state index in [1.165, 1.54) is 29.2 Å². The normalized spacial score (nSPS) is 23.4. The predicted octanol–water partition coefficient (Wildman–Crippen LogP) is 4.76. The number of anilines is 1. The molecule has 0 N–H and O–H groups in total. The van der Waals surface area contributed by atoms with Gasteiger partial charge in [-0.3, -0.25) is 9.78 Å². The molecule has 1 aromatic carbocycles. The van der Waals surface area contributed by atoms with E-state index in [1.54, 1.807) is 6.07 Å². The Morgan fingerprint density at radius 2 is 1.97 bits per heavy atom. The smallest absolute Gasteiger partial charge is 0.363 e. The van der Waals surface area contributed by atoms with Crippen LogP contribution in [0.3, 0.4) is 0 Å². The lowest BCUT2D eigenvalue weighted by Gasteiger charge is -2.42. The number of hydrogen-bond donors (Lipinski definition) is 0. The van der Waals surface area contributed by atoms with E-state index in [4.69, 9.17) is 0 Å². The van der Waals surface area contributed by atoms with Crippen LogP contribution in [0.1, 0.15) is 42.7 Å². The summed E-state index contributed by atoms with van der Waals surface area (Å²) in [5.41, 5.74) is -1.03. The molecule has 2 aromatic rings. The summed E-state index contributed by atoms with van der Waals surface area (Å²) in [5.74, 6) is -0.863. The summed E-state index contributed by atoms with van der Waals surface area (Å²) in [7, 11) is 0. The number of fused-ring (bicyclic) bond motifs is 1. The molecular formula is C22H23F4N3O. The highest BCUT2D eigenvalue weighted by Gasteiger charge is 2.49. The number of benzene rings is 1. The van der Waals surface area contributed by atoms with Crippen LogP contribution in [0.5, 0.6) is 0 Å². The number of pyridine rings is 1. The van der Waals surface area contributed by atoms with E-state index in [-0.39, 0.29) is 23.3 Å². The monoisotopic (exact) mass is 421 g/mol. The second-order valence-corrected chi connectivity index (χ2v) is 8.63. The first-order chi connectivity index (χ1) is 14.1. The van der Waals surface area contributed by atoms with Gasteiger partial charge in [0.25, 0.3) is 5.91 Å². The van der Waals surface area contributed by atoms with Crippen LogP contribution >= 0.6 is 0 Å². The van der Waals surface area contributed by atoms with Crippen molar-refractivity contribution < 1.29 is 22.4 Å². The van der Waals surface area contributed by atoms with E-state index >= 15 is 0 Å². The van der Waals surface area contributed by atoms with Gasteiger partial charge >= 0.3 is 6.18 Å². The SMILES string of the molecule is CC1(C)C[C@@H]2CN(C(=O)c3cccnc3C(F)(F)F)CC[C@@H]2N1c1cccc(F)c1. The second kappa shape index (κ2) is 7.25. The minimum absolute atomic E-state index is 0.0898. The number of carbonyl (C=O) groups excluding carboxylic acids is 1. The zero-order chi connectivity index (χ0) is 21.7. The van der Waals surface area contributed by atoms with Gasteiger partial charge in [-0.05, 0) is 62.9 Å². The number of hydrogen-bond acceptors (Lipinski definition) is 3. The number of piperidine rings is 1. The Morgan fingerprint density at radius 1 is 1.20 bits per heavy atom. The van der Waals surface area contributed by atoms with Crippen LogP contribution in [-0.4, -0.2) is 40.5 Å². The number of halogens is 4. The summed E-state index contributed by atoms with van der Waals surface area (Å²) < 4.78 is 53.7. The summed E-state index contributed by atoms with van der Waals surface area (Å²) in [6.07, 6.45) is -2.27. The van der Waals surface area contributed by atoms with Gasteiger partial charge in [0.2, 0.25) is 0 Å². The Kier molecular flexibility index (Phi) is 4.98. The van der Waals surface area contributed by atoms with Gasteiger partial charge in [0.15, 0.2) is 5.69 Å². The zero-order valence-electron chi connectivity index (χ0n) is 16.8. The molecule has 1 aromatic heterocycles. The molecule has 0 unspecified atom stereocenters. The van der Waals surface area contributed by atoms with Crippen molar-refractivity contribution in [2.24, 2.45) is 5.92 Å². The summed E-state index contributed by atoms with van der Waals surface area (Å²) in [5, 5.41) is 0. The van der Waals surface area contributed by atoms with E-state index in [0.29, 0.717) is 19.5 Å². The molecule has 0 spiro atoms. The lowest BCUT2D eigenvalue weighted by Crippen LogP contribution is -2.50. The van der Waals surface area contributed by atoms with Crippen LogP contribution in [-0.2, 0) is 6.18 Å². The average Bonchev–Trinajstić information content (AvgIpc) is 2.95. The third kappa shape index (κ3) is 3.63. The Bertz CT molecular complexity index is 959. The molecule has 2 aliphatic heterocycles. The van der Waals surface area contributed by atoms with Crippen molar-refractivity contribution in [3.05, 3.63) is 59.7 Å². The molecule has 0 aliphatic carbocycles. The van der Waals surface area contributed by atoms with Gasteiger partial charge in [-0.15, -0.1) is 0 Å². The van der Waals surface area contributed by atoms with Gasteiger partial charge in [0, 0.05) is 36.6 Å². The number of amides is 1. The van der Waals surface area contributed by atoms with Crippen LogP contribution in [0.4, 0.5) is 23.2 Å². The van der Waals surface area contributed by atoms with Gasteiger partial charge in [0.05, 0.1) is 5.56 Å². The van der Waals surface area contributed by atoms with E-state index in [0.717, 1.165) is 18.3 Å². The second-order valence-electron chi connectivity index (χ2n) is 8.63. The highest BCUT2D eigenvalue weighted by atomic mass is 19.4. The fourth-order valence-electron chi connectivity index (χ4n) is 5.07.